The molecule has 12 heavy (non-hydrogen) atoms. The number of hydrogen-bond donors (Lipinski definition) is 2. The molecule has 66 valence electrons. The van der Waals surface area contributed by atoms with E-state index in [0.717, 1.165) is 0 Å². The van der Waals surface area contributed by atoms with Gasteiger partial charge in [-0.3, -0.25) is 0 Å². The van der Waals surface area contributed by atoms with Crippen LogP contribution in [0.4, 0.5) is 11.4 Å². The van der Waals surface area contributed by atoms with Crippen LogP contribution >= 0.6 is 0 Å². The fourth-order valence-electron chi connectivity index (χ4n) is 1.14. The summed E-state index contributed by atoms with van der Waals surface area (Å²) in [7, 11) is 8.55. The Balaban J connectivity index is 2.86. The van der Waals surface area contributed by atoms with Gasteiger partial charge in [0.2, 0.25) is 0 Å². The average Bonchev–Trinajstić information content (AvgIpc) is 2.04. The van der Waals surface area contributed by atoms with Crippen LogP contribution in [0.2, 0.25) is 0 Å². The summed E-state index contributed by atoms with van der Waals surface area (Å²) in [5, 5.41) is 0. The standard InChI is InChI=1S/C10H16N2/c1-11(2)9-5-7-10(8-6-9)12(3)4/h5-8H,1-4H3/p+2. The van der Waals surface area contributed by atoms with Crippen molar-refractivity contribution in [1.29, 1.82) is 0 Å². The van der Waals surface area contributed by atoms with Gasteiger partial charge in [-0.15, -0.1) is 0 Å². The Bertz CT molecular complexity index is 210. The van der Waals surface area contributed by atoms with Crippen LogP contribution in [0.25, 0.3) is 0 Å². The van der Waals surface area contributed by atoms with Crippen molar-refractivity contribution in [2.45, 2.75) is 0 Å². The van der Waals surface area contributed by atoms with Gasteiger partial charge in [-0.05, 0) is 0 Å². The number of benzene rings is 1. The zero-order chi connectivity index (χ0) is 9.14. The highest BCUT2D eigenvalue weighted by Gasteiger charge is 2.02. The number of hydrogen-bond acceptors (Lipinski definition) is 0. The van der Waals surface area contributed by atoms with Gasteiger partial charge in [0, 0.05) is 24.3 Å². The lowest BCUT2D eigenvalue weighted by Gasteiger charge is -2.09. The van der Waals surface area contributed by atoms with Gasteiger partial charge in [0.1, 0.15) is 11.4 Å². The molecule has 0 radical (unpaired) electrons. The molecule has 0 saturated carbocycles. The van der Waals surface area contributed by atoms with Gasteiger partial charge in [-0.1, -0.05) is 0 Å². The molecule has 0 spiro atoms. The maximum atomic E-state index is 2.18. The van der Waals surface area contributed by atoms with Crippen LogP contribution in [0.5, 0.6) is 0 Å². The maximum absolute atomic E-state index is 2.18. The molecule has 0 aromatic heterocycles. The van der Waals surface area contributed by atoms with Crippen molar-refractivity contribution in [2.75, 3.05) is 28.2 Å². The third kappa shape index (κ3) is 2.06. The molecule has 0 heterocycles. The minimum absolute atomic E-state index is 1.33. The molecule has 0 unspecified atom stereocenters. The second kappa shape index (κ2) is 3.70. The van der Waals surface area contributed by atoms with Gasteiger partial charge in [0.25, 0.3) is 0 Å². The highest BCUT2D eigenvalue weighted by molar-refractivity contribution is 5.39. The van der Waals surface area contributed by atoms with Gasteiger partial charge in [0.05, 0.1) is 28.2 Å². The first-order valence-electron chi connectivity index (χ1n) is 4.32. The Morgan fingerprint density at radius 1 is 0.667 bits per heavy atom. The van der Waals surface area contributed by atoms with E-state index in [1.165, 1.54) is 21.2 Å². The van der Waals surface area contributed by atoms with Crippen LogP contribution in [0.3, 0.4) is 0 Å². The van der Waals surface area contributed by atoms with Crippen LogP contribution in [-0.4, -0.2) is 28.2 Å². The third-order valence-corrected chi connectivity index (χ3v) is 2.04. The fourth-order valence-corrected chi connectivity index (χ4v) is 1.14. The number of quaternary nitrogens is 2. The lowest BCUT2D eigenvalue weighted by Crippen LogP contribution is -3.01. The lowest BCUT2D eigenvalue weighted by atomic mass is 10.2. The molecule has 0 saturated heterocycles. The highest BCUT2D eigenvalue weighted by Crippen LogP contribution is 2.04. The summed E-state index contributed by atoms with van der Waals surface area (Å²) >= 11 is 0. The highest BCUT2D eigenvalue weighted by atomic mass is 15.1. The van der Waals surface area contributed by atoms with Crippen LogP contribution in [0.15, 0.2) is 24.3 Å². The summed E-state index contributed by atoms with van der Waals surface area (Å²) in [6.07, 6.45) is 0. The molecule has 1 aromatic carbocycles. The Morgan fingerprint density at radius 2 is 0.917 bits per heavy atom. The van der Waals surface area contributed by atoms with E-state index in [0.29, 0.717) is 0 Å². The van der Waals surface area contributed by atoms with Crippen molar-refractivity contribution in [2.24, 2.45) is 0 Å². The second-order valence-electron chi connectivity index (χ2n) is 3.58. The molecular formula is C10H18N2+2. The summed E-state index contributed by atoms with van der Waals surface area (Å²) in [5.41, 5.74) is 2.67. The van der Waals surface area contributed by atoms with Gasteiger partial charge >= 0.3 is 0 Å². The van der Waals surface area contributed by atoms with Crippen molar-refractivity contribution in [3.8, 4) is 0 Å². The van der Waals surface area contributed by atoms with Crippen molar-refractivity contribution in [1.82, 2.24) is 0 Å². The molecule has 2 heteroatoms. The minimum atomic E-state index is 1.33. The molecule has 1 rings (SSSR count). The molecular weight excluding hydrogens is 148 g/mol. The van der Waals surface area contributed by atoms with Gasteiger partial charge in [-0.2, -0.15) is 0 Å². The minimum Gasteiger partial charge on any atom is -0.307 e. The molecule has 1 aromatic rings. The molecule has 2 nitrogen and oxygen atoms in total. The van der Waals surface area contributed by atoms with Crippen molar-refractivity contribution >= 4 is 11.4 Å². The third-order valence-electron chi connectivity index (χ3n) is 2.04. The van der Waals surface area contributed by atoms with Gasteiger partial charge in [-0.25, -0.2) is 0 Å². The molecule has 2 N–H and O–H groups in total. The Kier molecular flexibility index (Phi) is 2.84. The first-order chi connectivity index (χ1) is 5.61. The first-order valence-corrected chi connectivity index (χ1v) is 4.32. The van der Waals surface area contributed by atoms with E-state index in [1.807, 2.05) is 0 Å². The van der Waals surface area contributed by atoms with E-state index < -0.39 is 0 Å². The monoisotopic (exact) mass is 166 g/mol. The van der Waals surface area contributed by atoms with Crippen molar-refractivity contribution in [3.63, 3.8) is 0 Å². The largest absolute Gasteiger partial charge is 0.307 e. The van der Waals surface area contributed by atoms with E-state index in [-0.39, 0.29) is 0 Å². The average molecular weight is 166 g/mol. The topological polar surface area (TPSA) is 8.88 Å². The van der Waals surface area contributed by atoms with Crippen LogP contribution in [0, 0.1) is 0 Å². The summed E-state index contributed by atoms with van der Waals surface area (Å²) in [6.45, 7) is 0. The van der Waals surface area contributed by atoms with Gasteiger partial charge < -0.3 is 9.80 Å². The first kappa shape index (κ1) is 9.23. The van der Waals surface area contributed by atoms with E-state index in [1.54, 1.807) is 0 Å². The Hall–Kier alpha value is -0.860. The smallest absolute Gasteiger partial charge is 0.131 e. The predicted octanol–water partition coefficient (Wildman–Crippen LogP) is -0.761. The quantitative estimate of drug-likeness (QED) is 0.571. The van der Waals surface area contributed by atoms with Crippen molar-refractivity contribution < 1.29 is 9.80 Å². The maximum Gasteiger partial charge on any atom is 0.131 e. The van der Waals surface area contributed by atoms with E-state index in [4.69, 9.17) is 0 Å². The molecule has 0 fully saturated rings. The summed E-state index contributed by atoms with van der Waals surface area (Å²) in [6, 6.07) is 8.71. The zero-order valence-corrected chi connectivity index (χ0v) is 8.31. The van der Waals surface area contributed by atoms with Crippen LogP contribution in [-0.2, 0) is 0 Å². The van der Waals surface area contributed by atoms with Gasteiger partial charge in [0.15, 0.2) is 0 Å². The number of rotatable bonds is 2. The zero-order valence-electron chi connectivity index (χ0n) is 8.31. The van der Waals surface area contributed by atoms with E-state index in [9.17, 15) is 0 Å². The molecule has 0 aliphatic rings. The van der Waals surface area contributed by atoms with Crippen LogP contribution in [0.1, 0.15) is 0 Å². The molecule has 0 aliphatic carbocycles. The fraction of sp³-hybridized carbons (Fsp3) is 0.400. The molecule has 0 atom stereocenters. The SMILES string of the molecule is C[NH+](C)c1ccc([NH+](C)C)cc1. The summed E-state index contributed by atoms with van der Waals surface area (Å²) in [5.74, 6) is 0. The molecule has 0 amide bonds. The van der Waals surface area contributed by atoms with E-state index >= 15 is 0 Å². The molecule has 0 bridgehead atoms. The predicted molar refractivity (Wildman–Crippen MR) is 51.4 cm³/mol. The number of nitrogens with one attached hydrogen (secondary N) is 2. The summed E-state index contributed by atoms with van der Waals surface area (Å²) in [4.78, 5) is 2.74. The lowest BCUT2D eigenvalue weighted by molar-refractivity contribution is -0.789. The second-order valence-corrected chi connectivity index (χ2v) is 3.58. The van der Waals surface area contributed by atoms with Crippen LogP contribution < -0.4 is 9.80 Å². The normalized spacial score (nSPS) is 11.2. The van der Waals surface area contributed by atoms with E-state index in [2.05, 4.69) is 52.5 Å². The van der Waals surface area contributed by atoms with Crippen molar-refractivity contribution in [3.05, 3.63) is 24.3 Å². The molecule has 0 aliphatic heterocycles. The Morgan fingerprint density at radius 3 is 1.08 bits per heavy atom. The Labute approximate surface area is 74.4 Å². The summed E-state index contributed by atoms with van der Waals surface area (Å²) < 4.78 is 0.